The van der Waals surface area contributed by atoms with Crippen molar-refractivity contribution in [3.63, 3.8) is 0 Å². The van der Waals surface area contributed by atoms with E-state index < -0.39 is 23.8 Å². The molecule has 9 heteroatoms. The van der Waals surface area contributed by atoms with E-state index in [0.29, 0.717) is 5.57 Å². The number of allylic oxidation sites excluding steroid dienone is 1. The van der Waals surface area contributed by atoms with Gasteiger partial charge in [-0.15, -0.1) is 13.2 Å². The van der Waals surface area contributed by atoms with Gasteiger partial charge >= 0.3 is 6.36 Å². The molecule has 0 aliphatic carbocycles. The van der Waals surface area contributed by atoms with Gasteiger partial charge in [-0.1, -0.05) is 0 Å². The Morgan fingerprint density at radius 3 is 2.41 bits per heavy atom. The fraction of sp³-hybridized carbons (Fsp3) is 0.111. The summed E-state index contributed by atoms with van der Waals surface area (Å²) in [5.41, 5.74) is 6.20. The van der Waals surface area contributed by atoms with Crippen LogP contribution in [0.1, 0.15) is 15.9 Å². The van der Waals surface area contributed by atoms with E-state index in [1.165, 1.54) is 37.5 Å². The lowest BCUT2D eigenvalue weighted by molar-refractivity contribution is -0.274. The van der Waals surface area contributed by atoms with E-state index in [0.717, 1.165) is 24.4 Å². The van der Waals surface area contributed by atoms with Crippen LogP contribution in [-0.4, -0.2) is 25.5 Å². The fourth-order valence-electron chi connectivity index (χ4n) is 2.17. The zero-order chi connectivity index (χ0) is 20.0. The van der Waals surface area contributed by atoms with Gasteiger partial charge in [-0.25, -0.2) is 4.39 Å². The molecule has 0 saturated carbocycles. The molecule has 142 valence electrons. The molecule has 0 heterocycles. The van der Waals surface area contributed by atoms with Gasteiger partial charge in [-0.05, 0) is 42.5 Å². The number of alkyl halides is 3. The van der Waals surface area contributed by atoms with Crippen LogP contribution >= 0.6 is 0 Å². The number of aliphatic imine (C=N–C) groups is 1. The van der Waals surface area contributed by atoms with E-state index in [2.05, 4.69) is 15.0 Å². The number of nitrogens with zero attached hydrogens (tertiary/aromatic N) is 1. The maximum Gasteiger partial charge on any atom is 0.573 e. The van der Waals surface area contributed by atoms with Crippen LogP contribution in [0.3, 0.4) is 0 Å². The molecular weight excluding hydrogens is 366 g/mol. The number of carbonyl (C=O) groups excluding carboxylic acids is 1. The van der Waals surface area contributed by atoms with Gasteiger partial charge < -0.3 is 15.8 Å². The molecule has 3 N–H and O–H groups in total. The number of rotatable bonds is 5. The summed E-state index contributed by atoms with van der Waals surface area (Å²) in [6.07, 6.45) is -2.29. The first kappa shape index (κ1) is 20.0. The number of carbonyl (C=O) groups is 1. The third kappa shape index (κ3) is 5.56. The highest BCUT2D eigenvalue weighted by atomic mass is 19.4. The van der Waals surface area contributed by atoms with Gasteiger partial charge in [0.15, 0.2) is 0 Å². The molecule has 0 atom stereocenters. The monoisotopic (exact) mass is 381 g/mol. The van der Waals surface area contributed by atoms with Crippen LogP contribution in [0.15, 0.2) is 53.7 Å². The first-order valence-corrected chi connectivity index (χ1v) is 7.54. The van der Waals surface area contributed by atoms with E-state index in [9.17, 15) is 22.4 Å². The molecule has 0 aliphatic rings. The highest BCUT2D eigenvalue weighted by molar-refractivity contribution is 6.11. The van der Waals surface area contributed by atoms with Crippen molar-refractivity contribution in [2.75, 3.05) is 12.4 Å². The summed E-state index contributed by atoms with van der Waals surface area (Å²) in [5, 5.41) is 2.50. The maximum absolute atomic E-state index is 14.0. The summed E-state index contributed by atoms with van der Waals surface area (Å²) in [7, 11) is 1.49. The Morgan fingerprint density at radius 1 is 1.19 bits per heavy atom. The molecule has 0 radical (unpaired) electrons. The van der Waals surface area contributed by atoms with Gasteiger partial charge in [0.1, 0.15) is 11.6 Å². The normalized spacial score (nSPS) is 12.3. The van der Waals surface area contributed by atoms with Crippen molar-refractivity contribution in [2.24, 2.45) is 10.7 Å². The summed E-state index contributed by atoms with van der Waals surface area (Å²) >= 11 is 0. The van der Waals surface area contributed by atoms with Gasteiger partial charge in [0.05, 0.1) is 0 Å². The molecule has 0 bridgehead atoms. The lowest BCUT2D eigenvalue weighted by Crippen LogP contribution is -2.17. The number of nitrogens with one attached hydrogen (secondary N) is 1. The Kier molecular flexibility index (Phi) is 6.17. The number of halogens is 4. The maximum atomic E-state index is 14.0. The van der Waals surface area contributed by atoms with Gasteiger partial charge in [0.2, 0.25) is 0 Å². The summed E-state index contributed by atoms with van der Waals surface area (Å²) in [6, 6.07) is 8.30. The quantitative estimate of drug-likeness (QED) is 0.608. The van der Waals surface area contributed by atoms with E-state index >= 15 is 0 Å². The van der Waals surface area contributed by atoms with Crippen LogP contribution in [0.5, 0.6) is 5.75 Å². The lowest BCUT2D eigenvalue weighted by atomic mass is 10.0. The summed E-state index contributed by atoms with van der Waals surface area (Å²) in [6.45, 7) is 0. The number of hydrogen-bond acceptors (Lipinski definition) is 4. The molecule has 0 saturated heterocycles. The van der Waals surface area contributed by atoms with E-state index in [1.807, 2.05) is 0 Å². The van der Waals surface area contributed by atoms with Crippen LogP contribution in [0, 0.1) is 5.82 Å². The second kappa shape index (κ2) is 8.35. The Bertz CT molecular complexity index is 875. The molecule has 5 nitrogen and oxygen atoms in total. The molecular formula is C18H15F4N3O2. The first-order chi connectivity index (χ1) is 12.7. The van der Waals surface area contributed by atoms with Crippen LogP contribution in [0.4, 0.5) is 23.2 Å². The Hall–Kier alpha value is -3.36. The molecule has 2 aromatic rings. The van der Waals surface area contributed by atoms with Gasteiger partial charge in [0.25, 0.3) is 5.91 Å². The zero-order valence-electron chi connectivity index (χ0n) is 14.0. The number of anilines is 1. The molecule has 0 spiro atoms. The minimum absolute atomic E-state index is 0.0877. The molecule has 0 aromatic heterocycles. The molecule has 2 rings (SSSR count). The van der Waals surface area contributed by atoms with Gasteiger partial charge in [-0.3, -0.25) is 9.79 Å². The minimum Gasteiger partial charge on any atom is -0.406 e. The SMILES string of the molecule is CN=CC(=CN)c1cc(C(=O)Nc2ccc(OC(F)(F)F)cc2)ccc1F. The number of benzene rings is 2. The molecule has 0 fully saturated rings. The van der Waals surface area contributed by atoms with E-state index in [-0.39, 0.29) is 16.8 Å². The third-order valence-corrected chi connectivity index (χ3v) is 3.33. The summed E-state index contributed by atoms with van der Waals surface area (Å²) < 4.78 is 54.2. The van der Waals surface area contributed by atoms with Crippen LogP contribution in [0.25, 0.3) is 5.57 Å². The smallest absolute Gasteiger partial charge is 0.406 e. The Morgan fingerprint density at radius 2 is 1.85 bits per heavy atom. The van der Waals surface area contributed by atoms with Crippen molar-refractivity contribution in [1.29, 1.82) is 0 Å². The van der Waals surface area contributed by atoms with Crippen LogP contribution < -0.4 is 15.8 Å². The predicted molar refractivity (Wildman–Crippen MR) is 94.1 cm³/mol. The zero-order valence-corrected chi connectivity index (χ0v) is 14.0. The van der Waals surface area contributed by atoms with Gasteiger partial charge in [0, 0.05) is 41.8 Å². The van der Waals surface area contributed by atoms with Crippen molar-refractivity contribution < 1.29 is 27.1 Å². The van der Waals surface area contributed by atoms with Crippen molar-refractivity contribution in [1.82, 2.24) is 0 Å². The second-order valence-corrected chi connectivity index (χ2v) is 5.23. The summed E-state index contributed by atoms with van der Waals surface area (Å²) in [4.78, 5) is 16.1. The van der Waals surface area contributed by atoms with Gasteiger partial charge in [-0.2, -0.15) is 0 Å². The average molecular weight is 381 g/mol. The third-order valence-electron chi connectivity index (χ3n) is 3.33. The standard InChI is InChI=1S/C18H15F4N3O2/c1-24-10-12(9-23)15-8-11(2-7-16(15)19)17(26)25-13-3-5-14(6-4-13)27-18(20,21)22/h2-10H,23H2,1H3,(H,25,26). The first-order valence-electron chi connectivity index (χ1n) is 7.54. The van der Waals surface area contributed by atoms with Crippen molar-refractivity contribution in [3.05, 3.63) is 65.6 Å². The highest BCUT2D eigenvalue weighted by Crippen LogP contribution is 2.24. The summed E-state index contributed by atoms with van der Waals surface area (Å²) in [5.74, 6) is -1.58. The van der Waals surface area contributed by atoms with E-state index in [4.69, 9.17) is 5.73 Å². The Labute approximate surface area is 152 Å². The highest BCUT2D eigenvalue weighted by Gasteiger charge is 2.30. The van der Waals surface area contributed by atoms with Crippen LogP contribution in [-0.2, 0) is 0 Å². The number of hydrogen-bond donors (Lipinski definition) is 2. The minimum atomic E-state index is -4.80. The molecule has 27 heavy (non-hydrogen) atoms. The second-order valence-electron chi connectivity index (χ2n) is 5.23. The topological polar surface area (TPSA) is 76.7 Å². The fourth-order valence-corrected chi connectivity index (χ4v) is 2.17. The molecule has 0 unspecified atom stereocenters. The largest absolute Gasteiger partial charge is 0.573 e. The predicted octanol–water partition coefficient (Wildman–Crippen LogP) is 3.98. The van der Waals surface area contributed by atoms with Crippen molar-refractivity contribution >= 4 is 23.4 Å². The number of nitrogens with two attached hydrogens (primary N) is 1. The molecule has 1 amide bonds. The Balaban J connectivity index is 2.19. The van der Waals surface area contributed by atoms with Crippen molar-refractivity contribution in [3.8, 4) is 5.75 Å². The number of amides is 1. The lowest BCUT2D eigenvalue weighted by Gasteiger charge is -2.11. The number of ether oxygens (including phenoxy) is 1. The van der Waals surface area contributed by atoms with Crippen molar-refractivity contribution in [2.45, 2.75) is 6.36 Å². The molecule has 2 aromatic carbocycles. The van der Waals surface area contributed by atoms with E-state index in [1.54, 1.807) is 0 Å². The molecule has 0 aliphatic heterocycles. The average Bonchev–Trinajstić information content (AvgIpc) is 2.60. The van der Waals surface area contributed by atoms with Crippen LogP contribution in [0.2, 0.25) is 0 Å².